The zero-order valence-electron chi connectivity index (χ0n) is 6.07. The molecule has 1 N–H and O–H groups in total. The second-order valence-electron chi connectivity index (χ2n) is 1.85. The van der Waals surface area contributed by atoms with Crippen molar-refractivity contribution in [2.75, 3.05) is 7.05 Å². The van der Waals surface area contributed by atoms with Gasteiger partial charge in [0.2, 0.25) is 5.91 Å². The molecule has 0 unspecified atom stereocenters. The Morgan fingerprint density at radius 3 is 2.50 bits per heavy atom. The van der Waals surface area contributed by atoms with Crippen molar-refractivity contribution < 1.29 is 4.79 Å². The summed E-state index contributed by atoms with van der Waals surface area (Å²) in [7, 11) is 1.59. The van der Waals surface area contributed by atoms with Crippen LogP contribution < -0.4 is 5.32 Å². The zero-order valence-corrected chi connectivity index (χ0v) is 7.66. The highest BCUT2D eigenvalue weighted by atomic mass is 79.9. The lowest BCUT2D eigenvalue weighted by atomic mass is 10.2. The van der Waals surface area contributed by atoms with Gasteiger partial charge in [0.05, 0.1) is 0 Å². The number of halogens is 1. The van der Waals surface area contributed by atoms with Crippen molar-refractivity contribution in [2.24, 2.45) is 0 Å². The van der Waals surface area contributed by atoms with Crippen molar-refractivity contribution in [3.63, 3.8) is 0 Å². The van der Waals surface area contributed by atoms with Gasteiger partial charge in [-0.2, -0.15) is 0 Å². The Morgan fingerprint density at radius 2 is 2.20 bits per heavy atom. The lowest BCUT2D eigenvalue weighted by Gasteiger charge is -1.96. The van der Waals surface area contributed by atoms with Crippen molar-refractivity contribution >= 4 is 21.8 Å². The fourth-order valence-electron chi connectivity index (χ4n) is 0.498. The molecule has 0 radical (unpaired) electrons. The molecule has 10 heavy (non-hydrogen) atoms. The average molecular weight is 204 g/mol. The normalized spacial score (nSPS) is 10.9. The molecule has 0 aromatic rings. The van der Waals surface area contributed by atoms with E-state index in [1.54, 1.807) is 20.0 Å². The van der Waals surface area contributed by atoms with Crippen LogP contribution in [0.2, 0.25) is 0 Å². The molecule has 56 valence electrons. The number of amides is 1. The quantitative estimate of drug-likeness (QED) is 0.537. The number of allylic oxidation sites excluding steroid dienone is 2. The molecule has 0 aromatic carbocycles. The van der Waals surface area contributed by atoms with Crippen LogP contribution in [-0.2, 0) is 4.79 Å². The Morgan fingerprint density at radius 1 is 1.70 bits per heavy atom. The van der Waals surface area contributed by atoms with E-state index in [1.165, 1.54) is 0 Å². The molecule has 0 aliphatic rings. The molecule has 0 heterocycles. The molecule has 0 atom stereocenters. The van der Waals surface area contributed by atoms with Crippen LogP contribution in [0.15, 0.2) is 22.7 Å². The van der Waals surface area contributed by atoms with Crippen LogP contribution in [0, 0.1) is 0 Å². The lowest BCUT2D eigenvalue weighted by Crippen LogP contribution is -2.18. The summed E-state index contributed by atoms with van der Waals surface area (Å²) >= 11 is 3.12. The maximum Gasteiger partial charge on any atom is 0.246 e. The summed E-state index contributed by atoms with van der Waals surface area (Å²) in [5.74, 6) is -0.0828. The number of carbonyl (C=O) groups is 1. The van der Waals surface area contributed by atoms with Crippen LogP contribution >= 0.6 is 15.9 Å². The highest BCUT2D eigenvalue weighted by Gasteiger charge is 1.98. The first-order valence-electron chi connectivity index (χ1n) is 2.82. The maximum atomic E-state index is 10.8. The molecule has 3 heteroatoms. The van der Waals surface area contributed by atoms with Gasteiger partial charge in [-0.3, -0.25) is 4.79 Å². The molecule has 0 bridgehead atoms. The highest BCUT2D eigenvalue weighted by molar-refractivity contribution is 9.11. The molecule has 1 amide bonds. The minimum Gasteiger partial charge on any atom is -0.355 e. The number of nitrogens with one attached hydrogen (secondary N) is 1. The molecule has 0 aliphatic carbocycles. The van der Waals surface area contributed by atoms with Gasteiger partial charge in [0.1, 0.15) is 0 Å². The third kappa shape index (κ3) is 3.45. The summed E-state index contributed by atoms with van der Waals surface area (Å²) in [6.45, 7) is 5.30. The summed E-state index contributed by atoms with van der Waals surface area (Å²) in [4.78, 5) is 10.8. The molecule has 2 nitrogen and oxygen atoms in total. The minimum absolute atomic E-state index is 0.0828. The smallest absolute Gasteiger partial charge is 0.246 e. The Balaban J connectivity index is 4.19. The van der Waals surface area contributed by atoms with E-state index in [1.807, 2.05) is 0 Å². The second kappa shape index (κ2) is 4.28. The Hall–Kier alpha value is -0.570. The monoisotopic (exact) mass is 203 g/mol. The Bertz CT molecular complexity index is 184. The van der Waals surface area contributed by atoms with Crippen LogP contribution in [0.25, 0.3) is 0 Å². The zero-order chi connectivity index (χ0) is 8.15. The summed E-state index contributed by atoms with van der Waals surface area (Å²) in [5, 5.41) is 2.50. The predicted molar refractivity (Wildman–Crippen MR) is 45.9 cm³/mol. The van der Waals surface area contributed by atoms with Crippen LogP contribution in [0.1, 0.15) is 6.92 Å². The molecule has 0 aromatic heterocycles. The molecule has 0 saturated heterocycles. The van der Waals surface area contributed by atoms with Crippen molar-refractivity contribution in [1.29, 1.82) is 0 Å². The second-order valence-corrected chi connectivity index (χ2v) is 2.87. The number of likely N-dealkylation sites (N-methyl/N-ethyl adjacent to an activating group) is 1. The first kappa shape index (κ1) is 9.43. The number of hydrogen-bond donors (Lipinski definition) is 1. The van der Waals surface area contributed by atoms with E-state index in [0.717, 1.165) is 0 Å². The van der Waals surface area contributed by atoms with E-state index in [9.17, 15) is 4.79 Å². The van der Waals surface area contributed by atoms with Gasteiger partial charge in [-0.15, -0.1) is 0 Å². The van der Waals surface area contributed by atoms with Gasteiger partial charge >= 0.3 is 0 Å². The Kier molecular flexibility index (Phi) is 4.03. The van der Waals surface area contributed by atoms with Crippen molar-refractivity contribution in [2.45, 2.75) is 6.92 Å². The van der Waals surface area contributed by atoms with Crippen LogP contribution in [0.3, 0.4) is 0 Å². The molecule has 0 rings (SSSR count). The molecule has 0 aliphatic heterocycles. The number of rotatable bonds is 2. The van der Waals surface area contributed by atoms with E-state index in [4.69, 9.17) is 0 Å². The lowest BCUT2D eigenvalue weighted by molar-refractivity contribution is -0.116. The fourth-order valence-corrected chi connectivity index (χ4v) is 0.841. The van der Waals surface area contributed by atoms with Crippen molar-refractivity contribution in [3.8, 4) is 0 Å². The van der Waals surface area contributed by atoms with Gasteiger partial charge < -0.3 is 5.32 Å². The number of carbonyl (C=O) groups excluding carboxylic acids is 1. The summed E-state index contributed by atoms with van der Waals surface area (Å²) in [5.41, 5.74) is 0.643. The third-order valence-corrected chi connectivity index (χ3v) is 1.19. The van der Waals surface area contributed by atoms with Gasteiger partial charge in [0.15, 0.2) is 0 Å². The maximum absolute atomic E-state index is 10.8. The van der Waals surface area contributed by atoms with Gasteiger partial charge in [0, 0.05) is 17.1 Å². The first-order chi connectivity index (χ1) is 4.57. The van der Waals surface area contributed by atoms with Crippen LogP contribution in [-0.4, -0.2) is 13.0 Å². The molecular formula is C7H10BrNO. The SMILES string of the molecule is C=C(Br)/C=C(/C)C(=O)NC. The summed E-state index contributed by atoms with van der Waals surface area (Å²) in [6, 6.07) is 0. The largest absolute Gasteiger partial charge is 0.355 e. The van der Waals surface area contributed by atoms with E-state index >= 15 is 0 Å². The predicted octanol–water partition coefficient (Wildman–Crippen LogP) is 1.59. The minimum atomic E-state index is -0.0828. The topological polar surface area (TPSA) is 29.1 Å². The molecule has 0 spiro atoms. The summed E-state index contributed by atoms with van der Waals surface area (Å²) in [6.07, 6.45) is 1.67. The van der Waals surface area contributed by atoms with Crippen molar-refractivity contribution in [3.05, 3.63) is 22.7 Å². The summed E-state index contributed by atoms with van der Waals surface area (Å²) < 4.78 is 0.702. The molecule has 0 saturated carbocycles. The highest BCUT2D eigenvalue weighted by Crippen LogP contribution is 2.05. The van der Waals surface area contributed by atoms with Gasteiger partial charge in [-0.25, -0.2) is 0 Å². The number of hydrogen-bond acceptors (Lipinski definition) is 1. The molecular weight excluding hydrogens is 194 g/mol. The fraction of sp³-hybridized carbons (Fsp3) is 0.286. The average Bonchev–Trinajstić information content (AvgIpc) is 1.85. The van der Waals surface area contributed by atoms with Crippen molar-refractivity contribution in [1.82, 2.24) is 5.32 Å². The third-order valence-electron chi connectivity index (χ3n) is 0.958. The van der Waals surface area contributed by atoms with E-state index in [0.29, 0.717) is 10.1 Å². The Labute approximate surface area is 69.1 Å². The first-order valence-corrected chi connectivity index (χ1v) is 3.62. The van der Waals surface area contributed by atoms with E-state index < -0.39 is 0 Å². The van der Waals surface area contributed by atoms with Gasteiger partial charge in [0.25, 0.3) is 0 Å². The van der Waals surface area contributed by atoms with Gasteiger partial charge in [-0.1, -0.05) is 22.5 Å². The van der Waals surface area contributed by atoms with Crippen LogP contribution in [0.4, 0.5) is 0 Å². The standard InChI is InChI=1S/C7H10BrNO/c1-5(4-6(2)8)7(10)9-3/h4H,2H2,1,3H3,(H,9,10)/b5-4-. The van der Waals surface area contributed by atoms with Crippen LogP contribution in [0.5, 0.6) is 0 Å². The van der Waals surface area contributed by atoms with E-state index in [-0.39, 0.29) is 5.91 Å². The molecule has 0 fully saturated rings. The van der Waals surface area contributed by atoms with E-state index in [2.05, 4.69) is 27.8 Å². The van der Waals surface area contributed by atoms with Gasteiger partial charge in [-0.05, 0) is 13.0 Å².